The minimum absolute atomic E-state index is 0.0141. The molecule has 21 heavy (non-hydrogen) atoms. The number of nitrogens with one attached hydrogen (secondary N) is 1. The van der Waals surface area contributed by atoms with Crippen molar-refractivity contribution in [3.63, 3.8) is 0 Å². The Hall–Kier alpha value is -2.29. The first-order valence-electron chi connectivity index (χ1n) is 7.37. The van der Waals surface area contributed by atoms with Crippen molar-refractivity contribution in [2.75, 3.05) is 5.73 Å². The summed E-state index contributed by atoms with van der Waals surface area (Å²) in [5.74, 6) is -0.0141. The Balaban J connectivity index is 2.08. The molecule has 2 aromatic carbocycles. The number of hydrogen-bond donors (Lipinski definition) is 2. The number of carbonyl (C=O) groups excluding carboxylic acids is 1. The molecule has 0 saturated heterocycles. The summed E-state index contributed by atoms with van der Waals surface area (Å²) < 4.78 is 0. The topological polar surface area (TPSA) is 55.1 Å². The summed E-state index contributed by atoms with van der Waals surface area (Å²) in [6.45, 7) is 4.15. The van der Waals surface area contributed by atoms with Crippen molar-refractivity contribution in [1.29, 1.82) is 0 Å². The number of carbonyl (C=O) groups is 1. The number of hydrogen-bond acceptors (Lipinski definition) is 2. The number of nitrogen functional groups attached to an aromatic ring is 1. The van der Waals surface area contributed by atoms with Gasteiger partial charge >= 0.3 is 0 Å². The van der Waals surface area contributed by atoms with E-state index in [-0.39, 0.29) is 11.9 Å². The molecule has 2 aromatic rings. The highest BCUT2D eigenvalue weighted by molar-refractivity contribution is 5.94. The van der Waals surface area contributed by atoms with Gasteiger partial charge in [-0.1, -0.05) is 37.6 Å². The lowest BCUT2D eigenvalue weighted by Crippen LogP contribution is -2.32. The van der Waals surface area contributed by atoms with Gasteiger partial charge in [0.25, 0.3) is 5.91 Å². The van der Waals surface area contributed by atoms with Gasteiger partial charge < -0.3 is 11.1 Å². The fourth-order valence-electron chi connectivity index (χ4n) is 2.30. The number of amides is 1. The van der Waals surface area contributed by atoms with Crippen LogP contribution in [0.3, 0.4) is 0 Å². The maximum absolute atomic E-state index is 12.1. The number of rotatable bonds is 5. The van der Waals surface area contributed by atoms with Gasteiger partial charge in [-0.3, -0.25) is 4.79 Å². The summed E-state index contributed by atoms with van der Waals surface area (Å²) in [5, 5.41) is 3.01. The molecule has 2 rings (SSSR count). The third-order valence-corrected chi connectivity index (χ3v) is 3.49. The molecule has 0 heterocycles. The Morgan fingerprint density at radius 3 is 2.10 bits per heavy atom. The normalized spacial score (nSPS) is 11.9. The molecule has 0 spiro atoms. The maximum atomic E-state index is 12.1. The van der Waals surface area contributed by atoms with Crippen molar-refractivity contribution in [1.82, 2.24) is 5.32 Å². The van der Waals surface area contributed by atoms with E-state index >= 15 is 0 Å². The predicted molar refractivity (Wildman–Crippen MR) is 88.1 cm³/mol. The van der Waals surface area contributed by atoms with Crippen molar-refractivity contribution in [3.05, 3.63) is 54.1 Å². The Morgan fingerprint density at radius 1 is 1.05 bits per heavy atom. The molecule has 0 aliphatic rings. The molecule has 0 radical (unpaired) electrons. The van der Waals surface area contributed by atoms with E-state index in [1.807, 2.05) is 55.5 Å². The summed E-state index contributed by atoms with van der Waals surface area (Å²) in [4.78, 5) is 12.1. The lowest BCUT2D eigenvalue weighted by Gasteiger charge is -2.13. The highest BCUT2D eigenvalue weighted by atomic mass is 16.1. The second-order valence-electron chi connectivity index (χ2n) is 5.36. The van der Waals surface area contributed by atoms with Gasteiger partial charge in [0.2, 0.25) is 0 Å². The first kappa shape index (κ1) is 15.1. The van der Waals surface area contributed by atoms with Gasteiger partial charge in [0.05, 0.1) is 0 Å². The van der Waals surface area contributed by atoms with Gasteiger partial charge in [-0.2, -0.15) is 0 Å². The van der Waals surface area contributed by atoms with Crippen LogP contribution in [0.25, 0.3) is 11.1 Å². The quantitative estimate of drug-likeness (QED) is 0.818. The fraction of sp³-hybridized carbons (Fsp3) is 0.278. The SMILES string of the molecule is CCCC(C)NC(=O)c1ccc(-c2ccc(N)cc2)cc1. The number of nitrogens with two attached hydrogens (primary N) is 1. The zero-order valence-electron chi connectivity index (χ0n) is 12.6. The summed E-state index contributed by atoms with van der Waals surface area (Å²) in [6.07, 6.45) is 2.06. The van der Waals surface area contributed by atoms with E-state index in [1.54, 1.807) is 0 Å². The third kappa shape index (κ3) is 4.09. The number of benzene rings is 2. The van der Waals surface area contributed by atoms with E-state index in [0.29, 0.717) is 5.56 Å². The Kier molecular flexibility index (Phi) is 4.99. The molecule has 0 aliphatic heterocycles. The monoisotopic (exact) mass is 282 g/mol. The molecule has 0 bridgehead atoms. The van der Waals surface area contributed by atoms with Crippen LogP contribution >= 0.6 is 0 Å². The molecule has 1 atom stereocenters. The lowest BCUT2D eigenvalue weighted by molar-refractivity contribution is 0.0938. The molecular formula is C18H22N2O. The van der Waals surface area contributed by atoms with E-state index in [2.05, 4.69) is 12.2 Å². The summed E-state index contributed by atoms with van der Waals surface area (Å²) in [5.41, 5.74) is 9.30. The Morgan fingerprint density at radius 2 is 1.57 bits per heavy atom. The zero-order valence-corrected chi connectivity index (χ0v) is 12.6. The van der Waals surface area contributed by atoms with E-state index in [4.69, 9.17) is 5.73 Å². The molecule has 0 fully saturated rings. The molecular weight excluding hydrogens is 260 g/mol. The molecule has 0 saturated carbocycles. The van der Waals surface area contributed by atoms with Gasteiger partial charge in [-0.15, -0.1) is 0 Å². The van der Waals surface area contributed by atoms with Crippen molar-refractivity contribution in [2.24, 2.45) is 0 Å². The third-order valence-electron chi connectivity index (χ3n) is 3.49. The van der Waals surface area contributed by atoms with E-state index in [1.165, 1.54) is 0 Å². The minimum atomic E-state index is -0.0141. The highest BCUT2D eigenvalue weighted by Gasteiger charge is 2.09. The van der Waals surface area contributed by atoms with Crippen LogP contribution in [0.1, 0.15) is 37.0 Å². The zero-order chi connectivity index (χ0) is 15.2. The van der Waals surface area contributed by atoms with Crippen LogP contribution in [0.5, 0.6) is 0 Å². The average Bonchev–Trinajstić information content (AvgIpc) is 2.48. The van der Waals surface area contributed by atoms with Gasteiger partial charge in [-0.05, 0) is 48.7 Å². The standard InChI is InChI=1S/C18H22N2O/c1-3-4-13(2)20-18(21)16-7-5-14(6-8-16)15-9-11-17(19)12-10-15/h5-13H,3-4,19H2,1-2H3,(H,20,21). The smallest absolute Gasteiger partial charge is 0.251 e. The maximum Gasteiger partial charge on any atom is 0.251 e. The summed E-state index contributed by atoms with van der Waals surface area (Å²) in [7, 11) is 0. The first-order chi connectivity index (χ1) is 10.1. The fourth-order valence-corrected chi connectivity index (χ4v) is 2.30. The molecule has 110 valence electrons. The molecule has 3 nitrogen and oxygen atoms in total. The van der Waals surface area contributed by atoms with E-state index in [0.717, 1.165) is 29.7 Å². The average molecular weight is 282 g/mol. The first-order valence-corrected chi connectivity index (χ1v) is 7.37. The summed E-state index contributed by atoms with van der Waals surface area (Å²) >= 11 is 0. The van der Waals surface area contributed by atoms with Crippen LogP contribution < -0.4 is 11.1 Å². The van der Waals surface area contributed by atoms with Gasteiger partial charge in [0, 0.05) is 17.3 Å². The second-order valence-corrected chi connectivity index (χ2v) is 5.36. The van der Waals surface area contributed by atoms with E-state index in [9.17, 15) is 4.79 Å². The molecule has 1 amide bonds. The molecule has 3 N–H and O–H groups in total. The molecule has 1 unspecified atom stereocenters. The van der Waals surface area contributed by atoms with Crippen LogP contribution in [-0.2, 0) is 0 Å². The lowest BCUT2D eigenvalue weighted by atomic mass is 10.0. The van der Waals surface area contributed by atoms with Crippen LogP contribution in [-0.4, -0.2) is 11.9 Å². The highest BCUT2D eigenvalue weighted by Crippen LogP contribution is 2.21. The minimum Gasteiger partial charge on any atom is -0.399 e. The van der Waals surface area contributed by atoms with Crippen LogP contribution in [0.15, 0.2) is 48.5 Å². The van der Waals surface area contributed by atoms with Crippen LogP contribution in [0, 0.1) is 0 Å². The predicted octanol–water partition coefficient (Wildman–Crippen LogP) is 3.85. The van der Waals surface area contributed by atoms with E-state index < -0.39 is 0 Å². The largest absolute Gasteiger partial charge is 0.399 e. The van der Waals surface area contributed by atoms with Crippen LogP contribution in [0.2, 0.25) is 0 Å². The van der Waals surface area contributed by atoms with Gasteiger partial charge in [0.15, 0.2) is 0 Å². The summed E-state index contributed by atoms with van der Waals surface area (Å²) in [6, 6.07) is 15.6. The molecule has 0 aliphatic carbocycles. The van der Waals surface area contributed by atoms with Crippen molar-refractivity contribution in [2.45, 2.75) is 32.7 Å². The van der Waals surface area contributed by atoms with Crippen LogP contribution in [0.4, 0.5) is 5.69 Å². The van der Waals surface area contributed by atoms with Gasteiger partial charge in [-0.25, -0.2) is 0 Å². The Labute approximate surface area is 126 Å². The number of anilines is 1. The van der Waals surface area contributed by atoms with Crippen molar-refractivity contribution < 1.29 is 4.79 Å². The van der Waals surface area contributed by atoms with Crippen molar-refractivity contribution in [3.8, 4) is 11.1 Å². The second kappa shape index (κ2) is 6.93. The van der Waals surface area contributed by atoms with Crippen molar-refractivity contribution >= 4 is 11.6 Å². The molecule has 0 aromatic heterocycles. The Bertz CT molecular complexity index is 588. The van der Waals surface area contributed by atoms with Gasteiger partial charge in [0.1, 0.15) is 0 Å². The molecule has 3 heteroatoms.